The number of carbonyl (C=O) groups excluding carboxylic acids is 2. The number of methoxy groups -OCH3 is 2. The lowest BCUT2D eigenvalue weighted by Crippen LogP contribution is -2.35. The van der Waals surface area contributed by atoms with Crippen LogP contribution < -0.4 is 20.1 Å². The van der Waals surface area contributed by atoms with Gasteiger partial charge in [0.1, 0.15) is 0 Å². The normalized spacial score (nSPS) is 18.0. The summed E-state index contributed by atoms with van der Waals surface area (Å²) < 4.78 is 11.7. The predicted molar refractivity (Wildman–Crippen MR) is 132 cm³/mol. The quantitative estimate of drug-likeness (QED) is 0.564. The van der Waals surface area contributed by atoms with Crippen LogP contribution in [-0.2, 0) is 9.59 Å². The molecule has 0 aromatic heterocycles. The molecule has 7 heteroatoms. The highest BCUT2D eigenvalue weighted by Gasteiger charge is 2.39. The lowest BCUT2D eigenvalue weighted by atomic mass is 9.75. The number of allylic oxidation sites excluding steroid dienone is 3. The van der Waals surface area contributed by atoms with Gasteiger partial charge < -0.3 is 20.1 Å². The minimum atomic E-state index is -0.535. The Bertz CT molecular complexity index is 1200. The van der Waals surface area contributed by atoms with E-state index >= 15 is 0 Å². The Hall–Kier alpha value is -3.06. The number of halogens is 1. The molecule has 33 heavy (non-hydrogen) atoms. The standard InChI is InChI=1S/C26H27BrN2O4/c1-14-8-5-6-9-18(14)29-26(31)23-15(2)28-19-10-7-11-20(30)25(19)24(23)16-12-21(32-3)22(33-4)13-17(16)27/h5-6,8-9,12-13,24,28H,7,10-11H2,1-4H3,(H,29,31)/t24-/m1/s1. The SMILES string of the molecule is COc1cc(Br)c([C@@H]2C(C(=O)Nc3ccccc3C)=C(C)NC3=C2C(=O)CCC3)cc1OC. The molecule has 1 aliphatic carbocycles. The fourth-order valence-corrected chi connectivity index (χ4v) is 5.14. The number of nitrogens with one attached hydrogen (secondary N) is 2. The van der Waals surface area contributed by atoms with E-state index in [1.54, 1.807) is 14.2 Å². The largest absolute Gasteiger partial charge is 0.493 e. The molecule has 1 aliphatic heterocycles. The summed E-state index contributed by atoms with van der Waals surface area (Å²) >= 11 is 3.65. The summed E-state index contributed by atoms with van der Waals surface area (Å²) in [7, 11) is 3.15. The number of ether oxygens (including phenoxy) is 2. The number of amides is 1. The highest BCUT2D eigenvalue weighted by atomic mass is 79.9. The first-order valence-corrected chi connectivity index (χ1v) is 11.7. The number of hydrogen-bond donors (Lipinski definition) is 2. The summed E-state index contributed by atoms with van der Waals surface area (Å²) in [6, 6.07) is 11.3. The van der Waals surface area contributed by atoms with E-state index in [0.29, 0.717) is 29.1 Å². The molecule has 0 fully saturated rings. The number of carbonyl (C=O) groups is 2. The van der Waals surface area contributed by atoms with Crippen LogP contribution in [0.1, 0.15) is 43.2 Å². The van der Waals surface area contributed by atoms with E-state index in [1.807, 2.05) is 50.2 Å². The van der Waals surface area contributed by atoms with E-state index in [2.05, 4.69) is 26.6 Å². The van der Waals surface area contributed by atoms with Crippen molar-refractivity contribution in [1.82, 2.24) is 5.32 Å². The molecule has 0 spiro atoms. The average Bonchev–Trinajstić information content (AvgIpc) is 2.79. The molecule has 0 saturated heterocycles. The second kappa shape index (κ2) is 9.43. The van der Waals surface area contributed by atoms with E-state index in [1.165, 1.54) is 0 Å². The molecule has 0 saturated carbocycles. The van der Waals surface area contributed by atoms with Crippen LogP contribution in [0.2, 0.25) is 0 Å². The van der Waals surface area contributed by atoms with Gasteiger partial charge in [-0.2, -0.15) is 0 Å². The maximum atomic E-state index is 13.7. The van der Waals surface area contributed by atoms with Crippen LogP contribution in [0, 0.1) is 6.92 Å². The molecular formula is C26H27BrN2O4. The Labute approximate surface area is 202 Å². The summed E-state index contributed by atoms with van der Waals surface area (Å²) in [5.41, 5.74) is 5.28. The number of hydrogen-bond acceptors (Lipinski definition) is 5. The van der Waals surface area contributed by atoms with Gasteiger partial charge in [0.05, 0.1) is 14.2 Å². The van der Waals surface area contributed by atoms with Crippen LogP contribution in [0.15, 0.2) is 63.4 Å². The predicted octanol–water partition coefficient (Wildman–Crippen LogP) is 5.38. The molecule has 1 atom stereocenters. The zero-order valence-corrected chi connectivity index (χ0v) is 20.8. The molecule has 1 heterocycles. The highest BCUT2D eigenvalue weighted by Crippen LogP contribution is 2.47. The van der Waals surface area contributed by atoms with E-state index < -0.39 is 5.92 Å². The average molecular weight is 511 g/mol. The monoisotopic (exact) mass is 510 g/mol. The molecule has 1 amide bonds. The Morgan fingerprint density at radius 2 is 1.79 bits per heavy atom. The van der Waals surface area contributed by atoms with Crippen molar-refractivity contribution in [3.63, 3.8) is 0 Å². The first-order chi connectivity index (χ1) is 15.8. The van der Waals surface area contributed by atoms with Gasteiger partial charge in [0, 0.05) is 45.0 Å². The highest BCUT2D eigenvalue weighted by molar-refractivity contribution is 9.10. The summed E-state index contributed by atoms with van der Waals surface area (Å²) in [5, 5.41) is 6.41. The van der Waals surface area contributed by atoms with Crippen molar-refractivity contribution >= 4 is 33.3 Å². The molecule has 0 radical (unpaired) electrons. The first-order valence-electron chi connectivity index (χ1n) is 10.9. The molecule has 2 N–H and O–H groups in total. The van der Waals surface area contributed by atoms with Crippen molar-refractivity contribution in [3.05, 3.63) is 74.5 Å². The smallest absolute Gasteiger partial charge is 0.254 e. The zero-order valence-electron chi connectivity index (χ0n) is 19.2. The van der Waals surface area contributed by atoms with Crippen LogP contribution in [-0.4, -0.2) is 25.9 Å². The van der Waals surface area contributed by atoms with Crippen LogP contribution in [0.3, 0.4) is 0 Å². The molecule has 4 rings (SSSR count). The van der Waals surface area contributed by atoms with Crippen molar-refractivity contribution in [2.24, 2.45) is 0 Å². The molecule has 2 aromatic carbocycles. The van der Waals surface area contributed by atoms with Gasteiger partial charge in [0.15, 0.2) is 17.3 Å². The number of ketones is 1. The molecule has 0 bridgehead atoms. The number of dihydropyridines is 1. The van der Waals surface area contributed by atoms with Gasteiger partial charge in [0.25, 0.3) is 5.91 Å². The third kappa shape index (κ3) is 4.29. The molecule has 2 aromatic rings. The zero-order chi connectivity index (χ0) is 23.7. The molecule has 6 nitrogen and oxygen atoms in total. The van der Waals surface area contributed by atoms with Crippen LogP contribution >= 0.6 is 15.9 Å². The number of Topliss-reactive ketones (excluding diaryl/α,β-unsaturated/α-hetero) is 1. The number of rotatable bonds is 5. The van der Waals surface area contributed by atoms with E-state index in [0.717, 1.165) is 45.5 Å². The summed E-state index contributed by atoms with van der Waals surface area (Å²) in [5.74, 6) is 0.385. The fraction of sp³-hybridized carbons (Fsp3) is 0.308. The van der Waals surface area contributed by atoms with Crippen LogP contribution in [0.25, 0.3) is 0 Å². The lowest BCUT2D eigenvalue weighted by Gasteiger charge is -2.35. The van der Waals surface area contributed by atoms with E-state index in [4.69, 9.17) is 9.47 Å². The van der Waals surface area contributed by atoms with Gasteiger partial charge in [-0.15, -0.1) is 0 Å². The number of aryl methyl sites for hydroxylation is 1. The number of anilines is 1. The van der Waals surface area contributed by atoms with Gasteiger partial charge in [-0.3, -0.25) is 9.59 Å². The maximum absolute atomic E-state index is 13.7. The third-order valence-corrected chi connectivity index (χ3v) is 6.91. The van der Waals surface area contributed by atoms with Crippen LogP contribution in [0.4, 0.5) is 5.69 Å². The molecular weight excluding hydrogens is 484 g/mol. The van der Waals surface area contributed by atoms with Crippen LogP contribution in [0.5, 0.6) is 11.5 Å². The minimum Gasteiger partial charge on any atom is -0.493 e. The second-order valence-corrected chi connectivity index (χ2v) is 9.12. The summed E-state index contributed by atoms with van der Waals surface area (Å²) in [6.07, 6.45) is 2.03. The van der Waals surface area contributed by atoms with Crippen molar-refractivity contribution in [3.8, 4) is 11.5 Å². The van der Waals surface area contributed by atoms with E-state index in [9.17, 15) is 9.59 Å². The van der Waals surface area contributed by atoms with E-state index in [-0.39, 0.29) is 11.7 Å². The molecule has 172 valence electrons. The van der Waals surface area contributed by atoms with Gasteiger partial charge in [0.2, 0.25) is 0 Å². The van der Waals surface area contributed by atoms with Crippen molar-refractivity contribution in [2.75, 3.05) is 19.5 Å². The number of benzene rings is 2. The van der Waals surface area contributed by atoms with Gasteiger partial charge >= 0.3 is 0 Å². The third-order valence-electron chi connectivity index (χ3n) is 6.23. The Morgan fingerprint density at radius 3 is 2.48 bits per heavy atom. The topological polar surface area (TPSA) is 76.7 Å². The van der Waals surface area contributed by atoms with Crippen molar-refractivity contribution in [1.29, 1.82) is 0 Å². The summed E-state index contributed by atoms with van der Waals surface area (Å²) in [4.78, 5) is 26.8. The second-order valence-electron chi connectivity index (χ2n) is 8.26. The fourth-order valence-electron chi connectivity index (χ4n) is 4.59. The molecule has 2 aliphatic rings. The van der Waals surface area contributed by atoms with Gasteiger partial charge in [-0.05, 0) is 56.0 Å². The Kier molecular flexibility index (Phi) is 6.61. The van der Waals surface area contributed by atoms with Gasteiger partial charge in [-0.25, -0.2) is 0 Å². The Balaban J connectivity index is 1.87. The minimum absolute atomic E-state index is 0.0594. The van der Waals surface area contributed by atoms with Gasteiger partial charge in [-0.1, -0.05) is 34.1 Å². The summed E-state index contributed by atoms with van der Waals surface area (Å²) in [6.45, 7) is 3.83. The van der Waals surface area contributed by atoms with Crippen molar-refractivity contribution < 1.29 is 19.1 Å². The maximum Gasteiger partial charge on any atom is 0.254 e. The van der Waals surface area contributed by atoms with Crippen molar-refractivity contribution in [2.45, 2.75) is 39.0 Å². The molecule has 0 unspecified atom stereocenters. The lowest BCUT2D eigenvalue weighted by molar-refractivity contribution is -0.116. The first kappa shape index (κ1) is 23.1. The number of para-hydroxylation sites is 1. The Morgan fingerprint density at radius 1 is 1.09 bits per heavy atom.